The first-order chi connectivity index (χ1) is 21.9. The third-order valence-electron chi connectivity index (χ3n) is 7.14. The number of thiazole rings is 1. The minimum Gasteiger partial charge on any atom is -0.497 e. The normalized spacial score (nSPS) is 14.3. The fraction of sp³-hybridized carbons (Fsp3) is 0.229. The van der Waals surface area contributed by atoms with E-state index in [1.165, 1.54) is 11.3 Å². The number of nitrogens with zero attached hydrogens (tertiary/aromatic N) is 2. The molecule has 232 valence electrons. The van der Waals surface area contributed by atoms with Gasteiger partial charge >= 0.3 is 5.97 Å². The van der Waals surface area contributed by atoms with Gasteiger partial charge in [0, 0.05) is 5.56 Å². The van der Waals surface area contributed by atoms with Crippen molar-refractivity contribution >= 4 is 23.4 Å². The highest BCUT2D eigenvalue weighted by molar-refractivity contribution is 7.07. The second kappa shape index (κ2) is 14.1. The highest BCUT2D eigenvalue weighted by Crippen LogP contribution is 2.32. The number of ether oxygens (including phenoxy) is 5. The molecule has 0 N–H and O–H groups in total. The molecule has 2 heterocycles. The van der Waals surface area contributed by atoms with Crippen molar-refractivity contribution in [1.29, 1.82) is 0 Å². The summed E-state index contributed by atoms with van der Waals surface area (Å²) >= 11 is 1.27. The Balaban J connectivity index is 1.46. The Hall–Kier alpha value is -5.09. The van der Waals surface area contributed by atoms with Gasteiger partial charge in [0.15, 0.2) is 4.80 Å². The summed E-state index contributed by atoms with van der Waals surface area (Å²) in [6, 6.07) is 19.6. The van der Waals surface area contributed by atoms with E-state index in [4.69, 9.17) is 23.7 Å². The van der Waals surface area contributed by atoms with Crippen LogP contribution in [0.3, 0.4) is 0 Å². The molecule has 1 aromatic heterocycles. The van der Waals surface area contributed by atoms with Gasteiger partial charge in [-0.15, -0.1) is 0 Å². The average Bonchev–Trinajstić information content (AvgIpc) is 3.36. The van der Waals surface area contributed by atoms with Gasteiger partial charge in [0.1, 0.15) is 36.2 Å². The van der Waals surface area contributed by atoms with Gasteiger partial charge in [0.25, 0.3) is 5.56 Å². The Kier molecular flexibility index (Phi) is 9.84. The number of hydrogen-bond acceptors (Lipinski definition) is 9. The summed E-state index contributed by atoms with van der Waals surface area (Å²) in [5, 5.41) is 0. The topological polar surface area (TPSA) is 97.6 Å². The molecule has 0 aliphatic carbocycles. The summed E-state index contributed by atoms with van der Waals surface area (Å²) in [5.74, 6) is 2.23. The Morgan fingerprint density at radius 1 is 0.978 bits per heavy atom. The number of allylic oxidation sites excluding steroid dienone is 1. The third-order valence-corrected chi connectivity index (χ3v) is 8.12. The van der Waals surface area contributed by atoms with Gasteiger partial charge in [-0.2, -0.15) is 0 Å². The van der Waals surface area contributed by atoms with E-state index in [2.05, 4.69) is 11.6 Å². The molecule has 9 nitrogen and oxygen atoms in total. The van der Waals surface area contributed by atoms with Gasteiger partial charge in [0.2, 0.25) is 0 Å². The van der Waals surface area contributed by atoms with E-state index in [0.717, 1.165) is 16.7 Å². The Morgan fingerprint density at radius 3 is 2.33 bits per heavy atom. The molecule has 0 fully saturated rings. The van der Waals surface area contributed by atoms with Crippen molar-refractivity contribution in [3.8, 4) is 23.0 Å². The second-order valence-corrected chi connectivity index (χ2v) is 11.0. The van der Waals surface area contributed by atoms with Crippen LogP contribution in [0, 0.1) is 0 Å². The zero-order valence-corrected chi connectivity index (χ0v) is 26.4. The number of fused-ring (bicyclic) bond motifs is 1. The summed E-state index contributed by atoms with van der Waals surface area (Å²) in [7, 11) is 3.22. The zero-order valence-electron chi connectivity index (χ0n) is 25.6. The maximum atomic E-state index is 13.9. The lowest BCUT2D eigenvalue weighted by molar-refractivity contribution is -0.139. The number of hydrogen-bond donors (Lipinski definition) is 0. The Labute approximate surface area is 264 Å². The average molecular weight is 627 g/mol. The van der Waals surface area contributed by atoms with E-state index in [9.17, 15) is 9.59 Å². The molecule has 3 aromatic carbocycles. The fourth-order valence-electron chi connectivity index (χ4n) is 4.98. The van der Waals surface area contributed by atoms with Crippen LogP contribution in [0.15, 0.2) is 100 Å². The van der Waals surface area contributed by atoms with E-state index in [-0.39, 0.29) is 12.2 Å². The number of methoxy groups -OCH3 is 2. The molecular weight excluding hydrogens is 592 g/mol. The molecule has 4 aromatic rings. The Morgan fingerprint density at radius 2 is 1.67 bits per heavy atom. The van der Waals surface area contributed by atoms with Gasteiger partial charge in [0.05, 0.1) is 42.7 Å². The minimum atomic E-state index is -0.708. The quantitative estimate of drug-likeness (QED) is 0.162. The van der Waals surface area contributed by atoms with Crippen molar-refractivity contribution in [2.24, 2.45) is 4.99 Å². The van der Waals surface area contributed by atoms with Gasteiger partial charge in [-0.25, -0.2) is 9.79 Å². The molecule has 0 radical (unpaired) electrons. The summed E-state index contributed by atoms with van der Waals surface area (Å²) in [5.41, 5.74) is 2.98. The van der Waals surface area contributed by atoms with Crippen LogP contribution in [-0.4, -0.2) is 38.0 Å². The van der Waals surface area contributed by atoms with Gasteiger partial charge in [-0.05, 0) is 73.5 Å². The maximum Gasteiger partial charge on any atom is 0.338 e. The van der Waals surface area contributed by atoms with Crippen LogP contribution in [0.25, 0.3) is 6.08 Å². The third kappa shape index (κ3) is 6.86. The lowest BCUT2D eigenvalue weighted by atomic mass is 9.96. The number of rotatable bonds is 12. The monoisotopic (exact) mass is 626 g/mol. The smallest absolute Gasteiger partial charge is 0.338 e. The van der Waals surface area contributed by atoms with E-state index in [1.54, 1.807) is 50.8 Å². The molecule has 0 bridgehead atoms. The van der Waals surface area contributed by atoms with Crippen molar-refractivity contribution in [1.82, 2.24) is 4.57 Å². The molecule has 5 rings (SSSR count). The molecule has 0 unspecified atom stereocenters. The SMILES string of the molecule is C=CCOc1ccc([C@H]2C(C(=O)OCC)=C(C)N=c3s/c(=C\c4ccc(OCc5cc(OC)ccc5OC)cc4)c(=O)n32)cc1. The number of esters is 1. The van der Waals surface area contributed by atoms with Gasteiger partial charge in [-0.1, -0.05) is 48.3 Å². The standard InChI is InChI=1S/C35H34N2O7S/c1-6-18-43-26-14-10-24(11-15-26)32-31(34(39)42-7-2)22(3)36-35-37(32)33(38)30(45-35)19-23-8-12-27(13-9-23)44-21-25-20-28(40-4)16-17-29(25)41-5/h6,8-17,19-20,32H,1,7,18,21H2,2-5H3/b30-19-/t32-/m0/s1. The van der Waals surface area contributed by atoms with E-state index in [0.29, 0.717) is 56.8 Å². The number of carbonyl (C=O) groups excluding carboxylic acids is 1. The van der Waals surface area contributed by atoms with E-state index < -0.39 is 12.0 Å². The molecule has 0 spiro atoms. The first-order valence-electron chi connectivity index (χ1n) is 14.3. The second-order valence-electron chi connectivity index (χ2n) is 10.0. The van der Waals surface area contributed by atoms with Gasteiger partial charge < -0.3 is 23.7 Å². The number of benzene rings is 3. The fourth-order valence-corrected chi connectivity index (χ4v) is 6.02. The predicted molar refractivity (Wildman–Crippen MR) is 173 cm³/mol. The Bertz CT molecular complexity index is 1910. The lowest BCUT2D eigenvalue weighted by Crippen LogP contribution is -2.39. The van der Waals surface area contributed by atoms with Crippen LogP contribution in [0.2, 0.25) is 0 Å². The number of carbonyl (C=O) groups is 1. The van der Waals surface area contributed by atoms with Crippen LogP contribution in [-0.2, 0) is 16.1 Å². The van der Waals surface area contributed by atoms with Crippen molar-refractivity contribution in [2.75, 3.05) is 27.4 Å². The van der Waals surface area contributed by atoms with Crippen molar-refractivity contribution < 1.29 is 28.5 Å². The van der Waals surface area contributed by atoms with Crippen LogP contribution in [0.5, 0.6) is 23.0 Å². The largest absolute Gasteiger partial charge is 0.497 e. The summed E-state index contributed by atoms with van der Waals surface area (Å²) in [6.07, 6.45) is 3.47. The molecule has 45 heavy (non-hydrogen) atoms. The first kappa shape index (κ1) is 31.3. The van der Waals surface area contributed by atoms with Crippen molar-refractivity contribution in [2.45, 2.75) is 26.5 Å². The summed E-state index contributed by atoms with van der Waals surface area (Å²) < 4.78 is 29.8. The molecule has 1 atom stereocenters. The summed E-state index contributed by atoms with van der Waals surface area (Å²) in [4.78, 5) is 32.2. The molecule has 0 saturated heterocycles. The lowest BCUT2D eigenvalue weighted by Gasteiger charge is -2.24. The molecule has 0 saturated carbocycles. The first-order valence-corrected chi connectivity index (χ1v) is 15.2. The molecule has 0 amide bonds. The van der Waals surface area contributed by atoms with Crippen LogP contribution >= 0.6 is 11.3 Å². The van der Waals surface area contributed by atoms with Crippen LogP contribution < -0.4 is 33.8 Å². The van der Waals surface area contributed by atoms with Crippen LogP contribution in [0.4, 0.5) is 0 Å². The van der Waals surface area contributed by atoms with Crippen molar-refractivity contribution in [3.63, 3.8) is 0 Å². The highest BCUT2D eigenvalue weighted by Gasteiger charge is 2.33. The molecule has 1 aliphatic heterocycles. The maximum absolute atomic E-state index is 13.9. The highest BCUT2D eigenvalue weighted by atomic mass is 32.1. The predicted octanol–water partition coefficient (Wildman–Crippen LogP) is 4.96. The van der Waals surface area contributed by atoms with Crippen LogP contribution in [0.1, 0.15) is 36.6 Å². The van der Waals surface area contributed by atoms with E-state index >= 15 is 0 Å². The van der Waals surface area contributed by atoms with Crippen molar-refractivity contribution in [3.05, 3.63) is 127 Å². The minimum absolute atomic E-state index is 0.202. The zero-order chi connectivity index (χ0) is 31.9. The number of aromatic nitrogens is 1. The molecular formula is C35H34N2O7S. The molecule has 1 aliphatic rings. The van der Waals surface area contributed by atoms with Gasteiger partial charge in [-0.3, -0.25) is 9.36 Å². The van der Waals surface area contributed by atoms with E-state index in [1.807, 2.05) is 60.7 Å². The summed E-state index contributed by atoms with van der Waals surface area (Å²) in [6.45, 7) is 8.05. The molecule has 10 heteroatoms.